The zero-order chi connectivity index (χ0) is 21.7. The molecule has 0 radical (unpaired) electrons. The molecule has 1 aliphatic rings. The quantitative estimate of drug-likeness (QED) is 0.530. The molecule has 9 heteroatoms. The normalized spacial score (nSPS) is 16.5. The fraction of sp³-hybridized carbons (Fsp3) is 0.318. The number of fused-ring (bicyclic) bond motifs is 2. The van der Waals surface area contributed by atoms with Crippen molar-refractivity contribution >= 4 is 33.8 Å². The fourth-order valence-corrected chi connectivity index (χ4v) is 4.33. The van der Waals surface area contributed by atoms with Crippen molar-refractivity contribution in [3.8, 4) is 0 Å². The number of pyridine rings is 1. The molecule has 4 aromatic rings. The van der Waals surface area contributed by atoms with Gasteiger partial charge in [-0.2, -0.15) is 5.10 Å². The summed E-state index contributed by atoms with van der Waals surface area (Å²) in [5.74, 6) is -0.822. The summed E-state index contributed by atoms with van der Waals surface area (Å²) in [6, 6.07) is 5.50. The summed E-state index contributed by atoms with van der Waals surface area (Å²) in [6.45, 7) is 3.66. The number of benzene rings is 1. The molecule has 31 heavy (non-hydrogen) atoms. The van der Waals surface area contributed by atoms with E-state index in [-0.39, 0.29) is 11.6 Å². The Labute approximate surface area is 178 Å². The second-order valence-corrected chi connectivity index (χ2v) is 8.06. The molecule has 1 fully saturated rings. The highest BCUT2D eigenvalue weighted by Gasteiger charge is 2.25. The van der Waals surface area contributed by atoms with E-state index in [2.05, 4.69) is 25.6 Å². The minimum atomic E-state index is -0.489. The van der Waals surface area contributed by atoms with Crippen molar-refractivity contribution in [2.24, 2.45) is 7.05 Å². The number of likely N-dealkylation sites (N-methyl/N-ethyl adjacent to an activating group) is 1. The van der Waals surface area contributed by atoms with Crippen LogP contribution in [0.2, 0.25) is 0 Å². The molecule has 0 spiro atoms. The molecule has 0 aliphatic carbocycles. The number of anilines is 2. The second-order valence-electron chi connectivity index (χ2n) is 8.06. The number of aromatic nitrogens is 4. The van der Waals surface area contributed by atoms with E-state index in [9.17, 15) is 9.18 Å². The first kappa shape index (κ1) is 19.5. The Morgan fingerprint density at radius 3 is 2.87 bits per heavy atom. The van der Waals surface area contributed by atoms with Crippen LogP contribution in [0.1, 0.15) is 22.5 Å². The molecule has 4 heterocycles. The van der Waals surface area contributed by atoms with Crippen molar-refractivity contribution in [3.05, 3.63) is 53.9 Å². The van der Waals surface area contributed by atoms with Gasteiger partial charge in [-0.3, -0.25) is 9.48 Å². The van der Waals surface area contributed by atoms with Gasteiger partial charge in [-0.05, 0) is 32.5 Å². The number of imidazole rings is 1. The number of nitrogens with zero attached hydrogens (tertiary/aromatic N) is 5. The van der Waals surface area contributed by atoms with E-state index in [4.69, 9.17) is 0 Å². The van der Waals surface area contributed by atoms with Gasteiger partial charge in [0.1, 0.15) is 5.52 Å². The maximum Gasteiger partial charge on any atom is 0.257 e. The first-order valence-electron chi connectivity index (χ1n) is 10.3. The van der Waals surface area contributed by atoms with E-state index in [0.29, 0.717) is 28.5 Å². The average Bonchev–Trinajstić information content (AvgIpc) is 3.44. The Morgan fingerprint density at radius 1 is 1.26 bits per heavy atom. The second kappa shape index (κ2) is 7.35. The fourth-order valence-electron chi connectivity index (χ4n) is 4.33. The molecule has 2 N–H and O–H groups in total. The van der Waals surface area contributed by atoms with Gasteiger partial charge in [0.25, 0.3) is 5.91 Å². The van der Waals surface area contributed by atoms with E-state index in [1.807, 2.05) is 26.4 Å². The first-order chi connectivity index (χ1) is 14.9. The van der Waals surface area contributed by atoms with Crippen molar-refractivity contribution in [2.45, 2.75) is 19.4 Å². The van der Waals surface area contributed by atoms with E-state index >= 15 is 0 Å². The Morgan fingerprint density at radius 2 is 2.10 bits per heavy atom. The minimum Gasteiger partial charge on any atom is -0.369 e. The number of carbonyl (C=O) groups is 1. The van der Waals surface area contributed by atoms with Gasteiger partial charge in [0.15, 0.2) is 11.5 Å². The van der Waals surface area contributed by atoms with Crippen LogP contribution in [-0.4, -0.2) is 51.3 Å². The summed E-state index contributed by atoms with van der Waals surface area (Å²) in [7, 11) is 3.82. The van der Waals surface area contributed by atoms with Crippen molar-refractivity contribution in [2.75, 3.05) is 30.4 Å². The highest BCUT2D eigenvalue weighted by atomic mass is 19.1. The predicted molar refractivity (Wildman–Crippen MR) is 118 cm³/mol. The molecule has 160 valence electrons. The predicted octanol–water partition coefficient (Wildman–Crippen LogP) is 2.72. The summed E-state index contributed by atoms with van der Waals surface area (Å²) < 4.78 is 17.7. The Kier molecular flexibility index (Phi) is 4.62. The first-order valence-corrected chi connectivity index (χ1v) is 10.3. The van der Waals surface area contributed by atoms with Crippen molar-refractivity contribution < 1.29 is 9.18 Å². The third kappa shape index (κ3) is 3.40. The number of hydrogen-bond donors (Lipinski definition) is 2. The number of carbonyl (C=O) groups excluding carboxylic acids is 1. The molecule has 1 atom stereocenters. The van der Waals surface area contributed by atoms with E-state index < -0.39 is 5.82 Å². The lowest BCUT2D eigenvalue weighted by molar-refractivity contribution is 0.102. The maximum absolute atomic E-state index is 14.4. The molecule has 5 rings (SSSR count). The molecular weight excluding hydrogens is 397 g/mol. The lowest BCUT2D eigenvalue weighted by Crippen LogP contribution is -2.29. The van der Waals surface area contributed by atoms with Gasteiger partial charge in [0.05, 0.1) is 16.9 Å². The number of hydrogen-bond acceptors (Lipinski definition) is 5. The maximum atomic E-state index is 14.4. The summed E-state index contributed by atoms with van der Waals surface area (Å²) in [5.41, 5.74) is 3.44. The molecule has 1 aromatic carbocycles. The molecule has 0 unspecified atom stereocenters. The Balaban J connectivity index is 1.49. The van der Waals surface area contributed by atoms with Crippen molar-refractivity contribution in [3.63, 3.8) is 0 Å². The van der Waals surface area contributed by atoms with Crippen molar-refractivity contribution in [1.82, 2.24) is 24.5 Å². The van der Waals surface area contributed by atoms with Gasteiger partial charge in [-0.15, -0.1) is 0 Å². The number of halogens is 1. The van der Waals surface area contributed by atoms with Crippen molar-refractivity contribution in [1.29, 1.82) is 0 Å². The van der Waals surface area contributed by atoms with Crippen LogP contribution in [0, 0.1) is 12.7 Å². The van der Waals surface area contributed by atoms with E-state index in [1.165, 1.54) is 6.07 Å². The number of rotatable bonds is 4. The average molecular weight is 421 g/mol. The third-order valence-corrected chi connectivity index (χ3v) is 5.83. The SMILES string of the molecule is CN[C@H]1CCN(c2ccc(C(=O)Nc3cc(F)c4nc(C)cn4c3)c3nn(C)cc23)C1. The third-order valence-electron chi connectivity index (χ3n) is 5.83. The number of nitrogens with one attached hydrogen (secondary N) is 2. The molecule has 1 amide bonds. The van der Waals surface area contributed by atoms with Crippen LogP contribution in [0.25, 0.3) is 16.6 Å². The standard InChI is InChI=1S/C22H24FN7O/c1-13-9-30-11-15(8-18(23)21(30)25-13)26-22(31)16-4-5-19(17-12-28(3)27-20(16)17)29-7-6-14(10-29)24-2/h4-5,8-9,11-12,14,24H,6-7,10H2,1-3H3,(H,26,31)/t14-/m0/s1. The van der Waals surface area contributed by atoms with Crippen LogP contribution in [0.5, 0.6) is 0 Å². The topological polar surface area (TPSA) is 79.5 Å². The van der Waals surface area contributed by atoms with Gasteiger partial charge in [-0.1, -0.05) is 0 Å². The molecule has 3 aromatic heterocycles. The number of aryl methyl sites for hydroxylation is 2. The van der Waals surface area contributed by atoms with Gasteiger partial charge in [0.2, 0.25) is 0 Å². The molecular formula is C22H24FN7O. The molecule has 0 bridgehead atoms. The zero-order valence-electron chi connectivity index (χ0n) is 17.7. The van der Waals surface area contributed by atoms with Crippen LogP contribution >= 0.6 is 0 Å². The lowest BCUT2D eigenvalue weighted by Gasteiger charge is -2.20. The Hall–Kier alpha value is -3.46. The van der Waals surface area contributed by atoms with Gasteiger partial charge >= 0.3 is 0 Å². The lowest BCUT2D eigenvalue weighted by atomic mass is 10.1. The van der Waals surface area contributed by atoms with Crippen LogP contribution < -0.4 is 15.5 Å². The molecule has 1 aliphatic heterocycles. The van der Waals surface area contributed by atoms with Gasteiger partial charge in [-0.25, -0.2) is 9.37 Å². The Bertz CT molecular complexity index is 1310. The minimum absolute atomic E-state index is 0.234. The highest BCUT2D eigenvalue weighted by molar-refractivity contribution is 6.13. The van der Waals surface area contributed by atoms with Gasteiger partial charge in [0, 0.05) is 61.9 Å². The van der Waals surface area contributed by atoms with Crippen LogP contribution in [0.3, 0.4) is 0 Å². The molecule has 0 saturated carbocycles. The zero-order valence-corrected chi connectivity index (χ0v) is 17.7. The largest absolute Gasteiger partial charge is 0.369 e. The molecule has 8 nitrogen and oxygen atoms in total. The van der Waals surface area contributed by atoms with Crippen LogP contribution in [0.15, 0.2) is 36.8 Å². The highest BCUT2D eigenvalue weighted by Crippen LogP contribution is 2.31. The van der Waals surface area contributed by atoms with E-state index in [0.717, 1.165) is 30.6 Å². The van der Waals surface area contributed by atoms with E-state index in [1.54, 1.807) is 34.5 Å². The monoisotopic (exact) mass is 421 g/mol. The van der Waals surface area contributed by atoms with Gasteiger partial charge < -0.3 is 19.9 Å². The number of amides is 1. The summed E-state index contributed by atoms with van der Waals surface area (Å²) in [5, 5.41) is 11.6. The van der Waals surface area contributed by atoms with Crippen LogP contribution in [-0.2, 0) is 7.05 Å². The summed E-state index contributed by atoms with van der Waals surface area (Å²) >= 11 is 0. The summed E-state index contributed by atoms with van der Waals surface area (Å²) in [6.07, 6.45) is 6.38. The van der Waals surface area contributed by atoms with Crippen LogP contribution in [0.4, 0.5) is 15.8 Å². The smallest absolute Gasteiger partial charge is 0.257 e. The summed E-state index contributed by atoms with van der Waals surface area (Å²) in [4.78, 5) is 19.6. The molecule has 1 saturated heterocycles.